The van der Waals surface area contributed by atoms with E-state index < -0.39 is 57.8 Å². The molecular formula is C17H10F4N2O5. The van der Waals surface area contributed by atoms with Crippen molar-refractivity contribution in [2.24, 2.45) is 10.2 Å². The molecule has 0 bridgehead atoms. The van der Waals surface area contributed by atoms with E-state index in [2.05, 4.69) is 15.0 Å². The highest BCUT2D eigenvalue weighted by atomic mass is 19.2. The first-order chi connectivity index (χ1) is 13.2. The molecule has 0 aliphatic rings. The number of aliphatic carboxylic acids is 1. The van der Waals surface area contributed by atoms with E-state index in [1.54, 1.807) is 6.07 Å². The highest BCUT2D eigenvalue weighted by Crippen LogP contribution is 2.34. The van der Waals surface area contributed by atoms with Gasteiger partial charge in [-0.3, -0.25) is 4.79 Å². The maximum absolute atomic E-state index is 14.1. The molecule has 7 nitrogen and oxygen atoms in total. The van der Waals surface area contributed by atoms with Gasteiger partial charge in [-0.2, -0.15) is 13.9 Å². The lowest BCUT2D eigenvalue weighted by Gasteiger charge is -2.11. The predicted octanol–water partition coefficient (Wildman–Crippen LogP) is 3.92. The van der Waals surface area contributed by atoms with Crippen LogP contribution in [0.15, 0.2) is 46.3 Å². The molecule has 0 heterocycles. The van der Waals surface area contributed by atoms with E-state index in [0.29, 0.717) is 0 Å². The fourth-order valence-electron chi connectivity index (χ4n) is 2.02. The lowest BCUT2D eigenvalue weighted by molar-refractivity contribution is -0.147. The van der Waals surface area contributed by atoms with E-state index in [1.807, 2.05) is 0 Å². The SMILES string of the molecule is COc1c(F)c(F)c(C(O)=C(N=Nc2ccccc2)C(=O)C(=O)O)c(F)c1F. The molecule has 2 aromatic rings. The number of methoxy groups -OCH3 is 1. The molecule has 2 N–H and O–H groups in total. The Morgan fingerprint density at radius 2 is 1.46 bits per heavy atom. The summed E-state index contributed by atoms with van der Waals surface area (Å²) >= 11 is 0. The quantitative estimate of drug-likeness (QED) is 0.192. The molecule has 0 atom stereocenters. The Labute approximate surface area is 154 Å². The van der Waals surface area contributed by atoms with Crippen molar-refractivity contribution in [2.75, 3.05) is 7.11 Å². The summed E-state index contributed by atoms with van der Waals surface area (Å²) in [6.07, 6.45) is 0. The zero-order valence-corrected chi connectivity index (χ0v) is 13.9. The van der Waals surface area contributed by atoms with Crippen molar-refractivity contribution in [2.45, 2.75) is 0 Å². The third-order valence-corrected chi connectivity index (χ3v) is 3.32. The van der Waals surface area contributed by atoms with Crippen LogP contribution >= 0.6 is 0 Å². The van der Waals surface area contributed by atoms with Gasteiger partial charge in [0, 0.05) is 0 Å². The number of halogens is 4. The monoisotopic (exact) mass is 398 g/mol. The van der Waals surface area contributed by atoms with Crippen LogP contribution in [0.4, 0.5) is 23.2 Å². The molecule has 0 saturated carbocycles. The normalized spacial score (nSPS) is 12.0. The van der Waals surface area contributed by atoms with Crippen LogP contribution in [0.5, 0.6) is 5.75 Å². The van der Waals surface area contributed by atoms with E-state index in [-0.39, 0.29) is 5.69 Å². The van der Waals surface area contributed by atoms with Gasteiger partial charge in [-0.25, -0.2) is 13.6 Å². The molecule has 0 fully saturated rings. The number of azo groups is 1. The van der Waals surface area contributed by atoms with Crippen LogP contribution in [0.2, 0.25) is 0 Å². The second kappa shape index (κ2) is 8.29. The molecule has 0 aliphatic carbocycles. The average Bonchev–Trinajstić information content (AvgIpc) is 2.68. The number of benzene rings is 2. The Bertz CT molecular complexity index is 977. The lowest BCUT2D eigenvalue weighted by atomic mass is 10.1. The van der Waals surface area contributed by atoms with Crippen LogP contribution in [-0.2, 0) is 9.59 Å². The van der Waals surface area contributed by atoms with Crippen molar-refractivity contribution in [3.05, 3.63) is 64.9 Å². The number of carboxylic acid groups (broad SMARTS) is 1. The maximum atomic E-state index is 14.1. The number of ketones is 1. The largest absolute Gasteiger partial charge is 0.505 e. The molecule has 28 heavy (non-hydrogen) atoms. The third-order valence-electron chi connectivity index (χ3n) is 3.32. The number of carboxylic acids is 1. The average molecular weight is 398 g/mol. The number of ether oxygens (including phenoxy) is 1. The Kier molecular flexibility index (Phi) is 6.08. The van der Waals surface area contributed by atoms with Gasteiger partial charge in [0.25, 0.3) is 5.78 Å². The molecule has 0 amide bonds. The van der Waals surface area contributed by atoms with E-state index in [1.165, 1.54) is 24.3 Å². The molecule has 2 rings (SSSR count). The summed E-state index contributed by atoms with van der Waals surface area (Å²) in [5.74, 6) is -15.5. The molecule has 146 valence electrons. The summed E-state index contributed by atoms with van der Waals surface area (Å²) < 4.78 is 60.2. The Morgan fingerprint density at radius 3 is 1.93 bits per heavy atom. The van der Waals surface area contributed by atoms with Crippen molar-refractivity contribution < 1.29 is 42.1 Å². The molecule has 0 unspecified atom stereocenters. The number of aliphatic hydroxyl groups excluding tert-OH is 1. The van der Waals surface area contributed by atoms with E-state index in [4.69, 9.17) is 5.11 Å². The molecule has 11 heteroatoms. The summed E-state index contributed by atoms with van der Waals surface area (Å²) in [6, 6.07) is 7.35. The number of nitrogens with zero attached hydrogens (tertiary/aromatic N) is 2. The van der Waals surface area contributed by atoms with Gasteiger partial charge in [0.2, 0.25) is 11.6 Å². The van der Waals surface area contributed by atoms with Crippen LogP contribution in [0.1, 0.15) is 5.56 Å². The first-order valence-electron chi connectivity index (χ1n) is 7.28. The number of carbonyl (C=O) groups excluding carboxylic acids is 1. The maximum Gasteiger partial charge on any atom is 0.379 e. The van der Waals surface area contributed by atoms with Gasteiger partial charge in [0.15, 0.2) is 28.8 Å². The van der Waals surface area contributed by atoms with Gasteiger partial charge in [0.1, 0.15) is 0 Å². The van der Waals surface area contributed by atoms with Crippen molar-refractivity contribution in [3.8, 4) is 5.75 Å². The van der Waals surface area contributed by atoms with Gasteiger partial charge in [0.05, 0.1) is 18.4 Å². The fourth-order valence-corrected chi connectivity index (χ4v) is 2.02. The lowest BCUT2D eigenvalue weighted by Crippen LogP contribution is -2.17. The summed E-state index contributed by atoms with van der Waals surface area (Å²) in [5, 5.41) is 25.5. The van der Waals surface area contributed by atoms with Crippen molar-refractivity contribution in [1.29, 1.82) is 0 Å². The zero-order chi connectivity index (χ0) is 21.0. The predicted molar refractivity (Wildman–Crippen MR) is 86.0 cm³/mol. The molecule has 0 spiro atoms. The molecule has 0 saturated heterocycles. The second-order valence-electron chi connectivity index (χ2n) is 5.03. The van der Waals surface area contributed by atoms with E-state index in [9.17, 15) is 32.3 Å². The highest BCUT2D eigenvalue weighted by Gasteiger charge is 2.32. The van der Waals surface area contributed by atoms with Crippen LogP contribution < -0.4 is 4.74 Å². The topological polar surface area (TPSA) is 109 Å². The fraction of sp³-hybridized carbons (Fsp3) is 0.0588. The second-order valence-corrected chi connectivity index (χ2v) is 5.03. The van der Waals surface area contributed by atoms with Crippen molar-refractivity contribution >= 4 is 23.2 Å². The van der Waals surface area contributed by atoms with Gasteiger partial charge in [-0.15, -0.1) is 5.11 Å². The van der Waals surface area contributed by atoms with Crippen LogP contribution in [0.3, 0.4) is 0 Å². The molecule has 0 aliphatic heterocycles. The Hall–Kier alpha value is -3.76. The Balaban J connectivity index is 2.75. The Morgan fingerprint density at radius 1 is 0.929 bits per heavy atom. The minimum absolute atomic E-state index is 0.0824. The first kappa shape index (κ1) is 20.6. The highest BCUT2D eigenvalue weighted by molar-refractivity contribution is 6.40. The van der Waals surface area contributed by atoms with Gasteiger partial charge < -0.3 is 14.9 Å². The molecule has 2 aromatic carbocycles. The van der Waals surface area contributed by atoms with Gasteiger partial charge >= 0.3 is 5.97 Å². The molecule has 0 aromatic heterocycles. The summed E-state index contributed by atoms with van der Waals surface area (Å²) in [4.78, 5) is 22.7. The standard InChI is InChI=1S/C17H10F4N2O5/c1-28-16-11(20)9(18)8(10(19)12(16)21)14(24)13(15(25)17(26)27)23-22-7-5-3-2-4-6-7/h2-6,24H,1H3,(H,26,27). The number of aliphatic hydroxyl groups is 1. The first-order valence-corrected chi connectivity index (χ1v) is 7.28. The number of Topliss-reactive ketones (excluding diaryl/α,β-unsaturated/α-hetero) is 1. The summed E-state index contributed by atoms with van der Waals surface area (Å²) in [6.45, 7) is 0. The van der Waals surface area contributed by atoms with Crippen LogP contribution in [0.25, 0.3) is 5.76 Å². The van der Waals surface area contributed by atoms with Crippen LogP contribution in [-0.4, -0.2) is 29.1 Å². The number of carbonyl (C=O) groups is 2. The van der Waals surface area contributed by atoms with Crippen LogP contribution in [0, 0.1) is 23.3 Å². The minimum atomic E-state index is -2.16. The van der Waals surface area contributed by atoms with E-state index >= 15 is 0 Å². The van der Waals surface area contributed by atoms with Gasteiger partial charge in [-0.05, 0) is 12.1 Å². The molecular weight excluding hydrogens is 388 g/mol. The number of hydrogen-bond donors (Lipinski definition) is 2. The number of hydrogen-bond acceptors (Lipinski definition) is 6. The number of rotatable bonds is 6. The smallest absolute Gasteiger partial charge is 0.379 e. The third kappa shape index (κ3) is 3.82. The minimum Gasteiger partial charge on any atom is -0.505 e. The molecule has 0 radical (unpaired) electrons. The van der Waals surface area contributed by atoms with Crippen molar-refractivity contribution in [3.63, 3.8) is 0 Å². The van der Waals surface area contributed by atoms with E-state index in [0.717, 1.165) is 7.11 Å². The van der Waals surface area contributed by atoms with Gasteiger partial charge in [-0.1, -0.05) is 18.2 Å². The zero-order valence-electron chi connectivity index (χ0n) is 13.9. The van der Waals surface area contributed by atoms with Crippen molar-refractivity contribution in [1.82, 2.24) is 0 Å². The summed E-state index contributed by atoms with van der Waals surface area (Å²) in [7, 11) is 0.739. The summed E-state index contributed by atoms with van der Waals surface area (Å²) in [5.41, 5.74) is -3.11.